The van der Waals surface area contributed by atoms with Gasteiger partial charge >= 0.3 is 0 Å². The highest BCUT2D eigenvalue weighted by Gasteiger charge is 2.41. The van der Waals surface area contributed by atoms with E-state index in [-0.39, 0.29) is 12.1 Å². The molecule has 1 fully saturated rings. The van der Waals surface area contributed by atoms with Crippen molar-refractivity contribution in [2.24, 2.45) is 0 Å². The van der Waals surface area contributed by atoms with E-state index in [1.165, 1.54) is 28.2 Å². The van der Waals surface area contributed by atoms with Crippen LogP contribution in [0.1, 0.15) is 46.0 Å². The molecular formula is C27H27N5S. The molecule has 1 N–H and O–H groups in total. The third-order valence-electron chi connectivity index (χ3n) is 6.40. The number of hydrogen-bond acceptors (Lipinski definition) is 3. The smallest absolute Gasteiger partial charge is 0.170 e. The normalized spacial score (nSPS) is 17.9. The van der Waals surface area contributed by atoms with E-state index in [9.17, 15) is 0 Å². The van der Waals surface area contributed by atoms with Gasteiger partial charge in [-0.15, -0.1) is 0 Å². The van der Waals surface area contributed by atoms with Crippen molar-refractivity contribution in [2.75, 3.05) is 0 Å². The molecule has 0 aliphatic carbocycles. The fraction of sp³-hybridized carbons (Fsp3) is 0.222. The van der Waals surface area contributed by atoms with Gasteiger partial charge in [-0.1, -0.05) is 30.3 Å². The standard InChI is InChI=1S/C27H27N5S/c1-18-10-4-5-13-24(18)32-19(2)16-22(20(32)3)26-25(23-12-7-9-15-29-23)30-27(33)31(26)17-21-11-6-8-14-28-21/h4-16,25-26H,17H2,1-3H3,(H,30,33)/t25-,26+/m1/s1. The van der Waals surface area contributed by atoms with Gasteiger partial charge in [0.05, 0.1) is 30.0 Å². The molecule has 166 valence electrons. The van der Waals surface area contributed by atoms with Gasteiger partial charge in [-0.05, 0) is 80.5 Å². The van der Waals surface area contributed by atoms with Crippen LogP contribution in [0.4, 0.5) is 0 Å². The Bertz CT molecular complexity index is 1280. The predicted octanol–water partition coefficient (Wildman–Crippen LogP) is 5.37. The first-order valence-corrected chi connectivity index (χ1v) is 11.6. The Labute approximate surface area is 200 Å². The second kappa shape index (κ2) is 8.79. The predicted molar refractivity (Wildman–Crippen MR) is 135 cm³/mol. The summed E-state index contributed by atoms with van der Waals surface area (Å²) in [5.74, 6) is 0. The molecule has 0 spiro atoms. The number of thiocarbonyl (C=S) groups is 1. The van der Waals surface area contributed by atoms with E-state index in [0.29, 0.717) is 6.54 Å². The summed E-state index contributed by atoms with van der Waals surface area (Å²) in [5.41, 5.74) is 8.08. The van der Waals surface area contributed by atoms with Gasteiger partial charge in [-0.3, -0.25) is 9.97 Å². The first-order valence-electron chi connectivity index (χ1n) is 11.2. The van der Waals surface area contributed by atoms with Crippen LogP contribution in [0.3, 0.4) is 0 Å². The second-order valence-electron chi connectivity index (χ2n) is 8.52. The van der Waals surface area contributed by atoms with Gasteiger partial charge in [0.15, 0.2) is 5.11 Å². The summed E-state index contributed by atoms with van der Waals surface area (Å²) >= 11 is 5.84. The Balaban J connectivity index is 1.63. The molecule has 1 aliphatic heterocycles. The van der Waals surface area contributed by atoms with Crippen molar-refractivity contribution >= 4 is 17.3 Å². The fourth-order valence-electron chi connectivity index (χ4n) is 4.85. The van der Waals surface area contributed by atoms with Gasteiger partial charge in [0.1, 0.15) is 0 Å². The summed E-state index contributed by atoms with van der Waals surface area (Å²) < 4.78 is 2.35. The highest BCUT2D eigenvalue weighted by atomic mass is 32.1. The van der Waals surface area contributed by atoms with Crippen LogP contribution in [0.5, 0.6) is 0 Å². The van der Waals surface area contributed by atoms with Crippen LogP contribution in [0.2, 0.25) is 0 Å². The van der Waals surface area contributed by atoms with Gasteiger partial charge in [0.25, 0.3) is 0 Å². The fourth-order valence-corrected chi connectivity index (χ4v) is 5.16. The van der Waals surface area contributed by atoms with Crippen LogP contribution in [-0.4, -0.2) is 24.5 Å². The first-order chi connectivity index (χ1) is 16.0. The third-order valence-corrected chi connectivity index (χ3v) is 6.75. The number of nitrogens with one attached hydrogen (secondary N) is 1. The summed E-state index contributed by atoms with van der Waals surface area (Å²) in [6, 6.07) is 22.8. The Morgan fingerprint density at radius 1 is 0.909 bits per heavy atom. The quantitative estimate of drug-likeness (QED) is 0.412. The maximum Gasteiger partial charge on any atom is 0.170 e. The van der Waals surface area contributed by atoms with Crippen LogP contribution < -0.4 is 5.32 Å². The third kappa shape index (κ3) is 3.91. The van der Waals surface area contributed by atoms with Crippen molar-refractivity contribution in [3.05, 3.63) is 113 Å². The molecule has 3 aromatic heterocycles. The zero-order valence-electron chi connectivity index (χ0n) is 19.1. The lowest BCUT2D eigenvalue weighted by molar-refractivity contribution is 0.307. The molecule has 4 heterocycles. The molecule has 0 amide bonds. The highest BCUT2D eigenvalue weighted by Crippen LogP contribution is 2.42. The molecule has 4 aromatic rings. The van der Waals surface area contributed by atoms with E-state index >= 15 is 0 Å². The maximum atomic E-state index is 5.84. The molecule has 6 heteroatoms. The first kappa shape index (κ1) is 21.3. The minimum Gasteiger partial charge on any atom is -0.352 e. The highest BCUT2D eigenvalue weighted by molar-refractivity contribution is 7.80. The number of benzene rings is 1. The molecule has 0 saturated carbocycles. The lowest BCUT2D eigenvalue weighted by Gasteiger charge is -2.28. The Morgan fingerprint density at radius 3 is 2.33 bits per heavy atom. The van der Waals surface area contributed by atoms with Crippen LogP contribution in [0, 0.1) is 20.8 Å². The van der Waals surface area contributed by atoms with E-state index in [1.54, 1.807) is 0 Å². The Hall–Kier alpha value is -3.51. The van der Waals surface area contributed by atoms with Crippen LogP contribution >= 0.6 is 12.2 Å². The zero-order valence-corrected chi connectivity index (χ0v) is 19.9. The topological polar surface area (TPSA) is 46.0 Å². The second-order valence-corrected chi connectivity index (χ2v) is 8.91. The monoisotopic (exact) mass is 453 g/mol. The number of para-hydroxylation sites is 1. The van der Waals surface area contributed by atoms with E-state index in [0.717, 1.165) is 16.5 Å². The number of aryl methyl sites for hydroxylation is 2. The molecule has 5 nitrogen and oxygen atoms in total. The molecule has 1 aliphatic rings. The number of hydrogen-bond donors (Lipinski definition) is 1. The van der Waals surface area contributed by atoms with Crippen molar-refractivity contribution in [3.63, 3.8) is 0 Å². The minimum absolute atomic E-state index is 0.00151. The SMILES string of the molecule is Cc1ccccc1-n1c(C)cc([C@H]2[C@@H](c3ccccn3)NC(=S)N2Cc2ccccn2)c1C. The average Bonchev–Trinajstić information content (AvgIpc) is 3.30. The summed E-state index contributed by atoms with van der Waals surface area (Å²) in [4.78, 5) is 11.5. The van der Waals surface area contributed by atoms with Crippen molar-refractivity contribution in [3.8, 4) is 5.69 Å². The Morgan fingerprint density at radius 2 is 1.64 bits per heavy atom. The lowest BCUT2D eigenvalue weighted by Crippen LogP contribution is -2.29. The van der Waals surface area contributed by atoms with Crippen molar-refractivity contribution in [1.29, 1.82) is 0 Å². The van der Waals surface area contributed by atoms with Crippen molar-refractivity contribution in [1.82, 2.24) is 24.8 Å². The van der Waals surface area contributed by atoms with E-state index < -0.39 is 0 Å². The van der Waals surface area contributed by atoms with Crippen LogP contribution in [-0.2, 0) is 6.54 Å². The maximum absolute atomic E-state index is 5.84. The Kier molecular flexibility index (Phi) is 5.68. The minimum atomic E-state index is -0.0479. The molecule has 33 heavy (non-hydrogen) atoms. The molecule has 5 rings (SSSR count). The van der Waals surface area contributed by atoms with Gasteiger partial charge in [-0.25, -0.2) is 0 Å². The molecular weight excluding hydrogens is 426 g/mol. The summed E-state index contributed by atoms with van der Waals surface area (Å²) in [7, 11) is 0. The summed E-state index contributed by atoms with van der Waals surface area (Å²) in [5, 5.41) is 4.28. The average molecular weight is 454 g/mol. The number of rotatable bonds is 5. The largest absolute Gasteiger partial charge is 0.352 e. The van der Waals surface area contributed by atoms with Crippen LogP contribution in [0.15, 0.2) is 79.1 Å². The molecule has 1 aromatic carbocycles. The zero-order chi connectivity index (χ0) is 22.9. The number of nitrogens with zero attached hydrogens (tertiary/aromatic N) is 4. The lowest BCUT2D eigenvalue weighted by atomic mass is 9.96. The van der Waals surface area contributed by atoms with E-state index in [2.05, 4.69) is 81.9 Å². The van der Waals surface area contributed by atoms with Gasteiger partial charge in [0, 0.05) is 29.5 Å². The molecule has 1 saturated heterocycles. The summed E-state index contributed by atoms with van der Waals surface area (Å²) in [6.07, 6.45) is 3.67. The van der Waals surface area contributed by atoms with E-state index in [4.69, 9.17) is 12.2 Å². The van der Waals surface area contributed by atoms with Gasteiger partial charge in [-0.2, -0.15) is 0 Å². The molecule has 2 atom stereocenters. The van der Waals surface area contributed by atoms with Crippen LogP contribution in [0.25, 0.3) is 5.69 Å². The van der Waals surface area contributed by atoms with Gasteiger partial charge < -0.3 is 14.8 Å². The number of pyridine rings is 2. The number of aromatic nitrogens is 3. The van der Waals surface area contributed by atoms with Gasteiger partial charge in [0.2, 0.25) is 0 Å². The van der Waals surface area contributed by atoms with Crippen molar-refractivity contribution < 1.29 is 0 Å². The molecule has 0 unspecified atom stereocenters. The molecule has 0 bridgehead atoms. The summed E-state index contributed by atoms with van der Waals surface area (Å²) in [6.45, 7) is 7.16. The van der Waals surface area contributed by atoms with Crippen molar-refractivity contribution in [2.45, 2.75) is 39.4 Å². The molecule has 0 radical (unpaired) electrons. The van der Waals surface area contributed by atoms with E-state index in [1.807, 2.05) is 42.7 Å².